The van der Waals surface area contributed by atoms with E-state index in [0.717, 1.165) is 16.7 Å². The Morgan fingerprint density at radius 2 is 0.909 bits per heavy atom. The van der Waals surface area contributed by atoms with E-state index in [4.69, 9.17) is 11.6 Å². The Labute approximate surface area is 137 Å². The highest BCUT2D eigenvalue weighted by Crippen LogP contribution is 2.43. The van der Waals surface area contributed by atoms with Gasteiger partial charge in [-0.1, -0.05) is 90.0 Å². The molecule has 0 nitrogen and oxygen atoms in total. The third-order valence-electron chi connectivity index (χ3n) is 4.07. The largest absolute Gasteiger partial charge is 0.119 e. The zero-order valence-corrected chi connectivity index (χ0v) is 13.6. The van der Waals surface area contributed by atoms with Crippen molar-refractivity contribution in [3.8, 4) is 0 Å². The van der Waals surface area contributed by atoms with Gasteiger partial charge in [-0.25, -0.2) is 0 Å². The monoisotopic (exact) mass is 306 g/mol. The molecule has 22 heavy (non-hydrogen) atoms. The Balaban J connectivity index is 2.22. The van der Waals surface area contributed by atoms with E-state index in [0.29, 0.717) is 0 Å². The van der Waals surface area contributed by atoms with E-state index in [9.17, 15) is 0 Å². The lowest BCUT2D eigenvalue weighted by molar-refractivity contribution is 0.878. The first-order valence-electron chi connectivity index (χ1n) is 7.49. The average Bonchev–Trinajstić information content (AvgIpc) is 2.56. The fraction of sp³-hybridized carbons (Fsp3) is 0.143. The van der Waals surface area contributed by atoms with Crippen molar-refractivity contribution in [1.82, 2.24) is 0 Å². The van der Waals surface area contributed by atoms with E-state index in [1.165, 1.54) is 11.1 Å². The number of rotatable bonds is 3. The van der Waals surface area contributed by atoms with Crippen LogP contribution in [0.15, 0.2) is 78.9 Å². The molecular weight excluding hydrogens is 288 g/mol. The molecule has 0 saturated carbocycles. The van der Waals surface area contributed by atoms with Crippen molar-refractivity contribution in [3.63, 3.8) is 0 Å². The fourth-order valence-electron chi connectivity index (χ4n) is 2.73. The smallest absolute Gasteiger partial charge is 0.104 e. The third-order valence-corrected chi connectivity index (χ3v) is 4.72. The van der Waals surface area contributed by atoms with Gasteiger partial charge in [0.25, 0.3) is 0 Å². The minimum atomic E-state index is -0.664. The maximum Gasteiger partial charge on any atom is 0.119 e. The Morgan fingerprint density at radius 1 is 0.545 bits per heavy atom. The van der Waals surface area contributed by atoms with Crippen LogP contribution in [0.3, 0.4) is 0 Å². The highest BCUT2D eigenvalue weighted by atomic mass is 35.5. The van der Waals surface area contributed by atoms with Gasteiger partial charge in [0.15, 0.2) is 0 Å². The highest BCUT2D eigenvalue weighted by molar-refractivity contribution is 6.28. The summed E-state index contributed by atoms with van der Waals surface area (Å²) in [6.07, 6.45) is 0. The molecule has 3 aromatic rings. The predicted octanol–water partition coefficient (Wildman–Crippen LogP) is 5.83. The van der Waals surface area contributed by atoms with Crippen molar-refractivity contribution in [2.24, 2.45) is 0 Å². The molecule has 0 aliphatic heterocycles. The van der Waals surface area contributed by atoms with Gasteiger partial charge in [0.05, 0.1) is 0 Å². The molecule has 3 rings (SSSR count). The molecule has 0 N–H and O–H groups in total. The summed E-state index contributed by atoms with van der Waals surface area (Å²) in [6.45, 7) is 4.18. The summed E-state index contributed by atoms with van der Waals surface area (Å²) < 4.78 is 0. The van der Waals surface area contributed by atoms with Crippen LogP contribution in [-0.2, 0) is 4.87 Å². The quantitative estimate of drug-likeness (QED) is 0.421. The summed E-state index contributed by atoms with van der Waals surface area (Å²) in [4.78, 5) is -0.664. The molecule has 0 amide bonds. The minimum absolute atomic E-state index is 0.664. The van der Waals surface area contributed by atoms with Crippen molar-refractivity contribution >= 4 is 11.6 Å². The predicted molar refractivity (Wildman–Crippen MR) is 94.5 cm³/mol. The Kier molecular flexibility index (Phi) is 4.04. The fourth-order valence-corrected chi connectivity index (χ4v) is 3.11. The van der Waals surface area contributed by atoms with Gasteiger partial charge in [0.2, 0.25) is 0 Å². The van der Waals surface area contributed by atoms with E-state index in [1.807, 2.05) is 18.2 Å². The maximum atomic E-state index is 7.22. The normalized spacial score (nSPS) is 11.4. The van der Waals surface area contributed by atoms with Gasteiger partial charge in [0.1, 0.15) is 4.87 Å². The average molecular weight is 307 g/mol. The molecule has 1 heteroatoms. The number of alkyl halides is 1. The van der Waals surface area contributed by atoms with E-state index in [1.54, 1.807) is 0 Å². The minimum Gasteiger partial charge on any atom is -0.104 e. The van der Waals surface area contributed by atoms with Crippen LogP contribution in [0.1, 0.15) is 27.8 Å². The summed E-state index contributed by atoms with van der Waals surface area (Å²) in [5, 5.41) is 0. The van der Waals surface area contributed by atoms with E-state index >= 15 is 0 Å². The van der Waals surface area contributed by atoms with Crippen molar-refractivity contribution in [3.05, 3.63) is 107 Å². The number of benzene rings is 3. The van der Waals surface area contributed by atoms with Crippen LogP contribution in [0.25, 0.3) is 0 Å². The molecule has 0 atom stereocenters. The first-order chi connectivity index (χ1) is 10.6. The van der Waals surface area contributed by atoms with Crippen molar-refractivity contribution in [2.45, 2.75) is 18.7 Å². The second kappa shape index (κ2) is 5.98. The first-order valence-corrected chi connectivity index (χ1v) is 7.87. The number of hydrogen-bond acceptors (Lipinski definition) is 0. The molecule has 0 aliphatic carbocycles. The van der Waals surface area contributed by atoms with Gasteiger partial charge in [-0.3, -0.25) is 0 Å². The number of hydrogen-bond donors (Lipinski definition) is 0. The Hall–Kier alpha value is -2.05. The third kappa shape index (κ3) is 2.67. The van der Waals surface area contributed by atoms with Gasteiger partial charge in [-0.15, -0.1) is 11.6 Å². The van der Waals surface area contributed by atoms with Crippen LogP contribution in [0.4, 0.5) is 0 Å². The lowest BCUT2D eigenvalue weighted by Crippen LogP contribution is -2.22. The molecule has 110 valence electrons. The standard InChI is InChI=1S/C21H19Cl/c1-16-8-12-19(13-9-16)21(22,18-6-4-3-5-7-18)20-14-10-17(2)11-15-20/h3-15H,1-2H3. The van der Waals surface area contributed by atoms with Crippen molar-refractivity contribution in [2.75, 3.05) is 0 Å². The van der Waals surface area contributed by atoms with Crippen LogP contribution >= 0.6 is 11.6 Å². The van der Waals surface area contributed by atoms with Gasteiger partial charge in [0, 0.05) is 0 Å². The molecule has 0 spiro atoms. The lowest BCUT2D eigenvalue weighted by atomic mass is 9.83. The van der Waals surface area contributed by atoms with E-state index in [2.05, 4.69) is 74.5 Å². The van der Waals surface area contributed by atoms with E-state index in [-0.39, 0.29) is 0 Å². The second-order valence-electron chi connectivity index (χ2n) is 5.76. The summed E-state index contributed by atoms with van der Waals surface area (Å²) in [5.41, 5.74) is 5.74. The lowest BCUT2D eigenvalue weighted by Gasteiger charge is -2.29. The molecule has 0 radical (unpaired) electrons. The zero-order chi connectivity index (χ0) is 15.6. The Morgan fingerprint density at radius 3 is 1.32 bits per heavy atom. The summed E-state index contributed by atoms with van der Waals surface area (Å²) in [5.74, 6) is 0. The molecule has 0 unspecified atom stereocenters. The van der Waals surface area contributed by atoms with Crippen LogP contribution < -0.4 is 0 Å². The van der Waals surface area contributed by atoms with Gasteiger partial charge >= 0.3 is 0 Å². The number of halogens is 1. The summed E-state index contributed by atoms with van der Waals surface area (Å²) >= 11 is 7.22. The summed E-state index contributed by atoms with van der Waals surface area (Å²) in [7, 11) is 0. The number of aryl methyl sites for hydroxylation is 2. The van der Waals surface area contributed by atoms with Crippen LogP contribution in [0.5, 0.6) is 0 Å². The molecule has 0 aromatic heterocycles. The maximum absolute atomic E-state index is 7.22. The summed E-state index contributed by atoms with van der Waals surface area (Å²) in [6, 6.07) is 27.2. The molecule has 3 aromatic carbocycles. The molecular formula is C21H19Cl. The molecule has 0 bridgehead atoms. The van der Waals surface area contributed by atoms with Crippen molar-refractivity contribution < 1.29 is 0 Å². The van der Waals surface area contributed by atoms with Gasteiger partial charge in [-0.2, -0.15) is 0 Å². The molecule has 0 heterocycles. The van der Waals surface area contributed by atoms with Crippen LogP contribution in [-0.4, -0.2) is 0 Å². The topological polar surface area (TPSA) is 0 Å². The molecule has 0 fully saturated rings. The van der Waals surface area contributed by atoms with Crippen molar-refractivity contribution in [1.29, 1.82) is 0 Å². The molecule has 0 saturated heterocycles. The second-order valence-corrected chi connectivity index (χ2v) is 6.32. The zero-order valence-electron chi connectivity index (χ0n) is 12.9. The Bertz CT molecular complexity index is 695. The van der Waals surface area contributed by atoms with Gasteiger partial charge in [-0.05, 0) is 30.5 Å². The van der Waals surface area contributed by atoms with Gasteiger partial charge < -0.3 is 0 Å². The van der Waals surface area contributed by atoms with E-state index < -0.39 is 4.87 Å². The first kappa shape index (κ1) is 14.9. The molecule has 0 aliphatic rings. The van der Waals surface area contributed by atoms with Crippen LogP contribution in [0.2, 0.25) is 0 Å². The SMILES string of the molecule is Cc1ccc(C(Cl)(c2ccccc2)c2ccc(C)cc2)cc1. The highest BCUT2D eigenvalue weighted by Gasteiger charge is 2.33. The van der Waals surface area contributed by atoms with Crippen LogP contribution in [0, 0.1) is 13.8 Å².